The molecule has 76 valence electrons. The van der Waals surface area contributed by atoms with Crippen molar-refractivity contribution in [3.05, 3.63) is 34.1 Å². The molecule has 0 bridgehead atoms. The summed E-state index contributed by atoms with van der Waals surface area (Å²) in [6.45, 7) is 0. The third kappa shape index (κ3) is 1.20. The van der Waals surface area contributed by atoms with Gasteiger partial charge in [0, 0.05) is 17.1 Å². The van der Waals surface area contributed by atoms with Crippen LogP contribution in [-0.4, -0.2) is 14.9 Å². The van der Waals surface area contributed by atoms with E-state index in [1.165, 1.54) is 6.20 Å². The van der Waals surface area contributed by atoms with Crippen LogP contribution in [0.3, 0.4) is 0 Å². The molecule has 1 saturated carbocycles. The number of aromatic nitrogens is 2. The zero-order valence-electron chi connectivity index (χ0n) is 7.93. The Bertz CT molecular complexity index is 543. The number of pyridine rings is 1. The fourth-order valence-corrected chi connectivity index (χ4v) is 1.96. The molecular formula is C10H9N3O2. The van der Waals surface area contributed by atoms with Gasteiger partial charge in [-0.1, -0.05) is 0 Å². The predicted octanol–water partition coefficient (Wildman–Crippen LogP) is 2.35. The molecule has 3 rings (SSSR count). The summed E-state index contributed by atoms with van der Waals surface area (Å²) in [6, 6.07) is 1.86. The van der Waals surface area contributed by atoms with Crippen LogP contribution in [0.2, 0.25) is 0 Å². The zero-order valence-corrected chi connectivity index (χ0v) is 7.93. The van der Waals surface area contributed by atoms with Crippen molar-refractivity contribution >= 4 is 16.7 Å². The summed E-state index contributed by atoms with van der Waals surface area (Å²) in [5.41, 5.74) is 1.75. The first-order valence-corrected chi connectivity index (χ1v) is 4.88. The number of nitrogens with one attached hydrogen (secondary N) is 1. The van der Waals surface area contributed by atoms with E-state index in [4.69, 9.17) is 0 Å². The number of hydrogen-bond acceptors (Lipinski definition) is 3. The van der Waals surface area contributed by atoms with Gasteiger partial charge in [-0.2, -0.15) is 0 Å². The van der Waals surface area contributed by atoms with E-state index in [2.05, 4.69) is 9.97 Å². The van der Waals surface area contributed by atoms with Crippen LogP contribution < -0.4 is 0 Å². The molecule has 0 aromatic carbocycles. The molecule has 2 aromatic heterocycles. The summed E-state index contributed by atoms with van der Waals surface area (Å²) >= 11 is 0. The van der Waals surface area contributed by atoms with Crippen molar-refractivity contribution in [2.45, 2.75) is 18.8 Å². The van der Waals surface area contributed by atoms with Crippen LogP contribution in [-0.2, 0) is 0 Å². The van der Waals surface area contributed by atoms with Gasteiger partial charge in [-0.25, -0.2) is 4.98 Å². The van der Waals surface area contributed by atoms with E-state index in [1.54, 1.807) is 6.20 Å². The molecule has 1 fully saturated rings. The van der Waals surface area contributed by atoms with Crippen LogP contribution in [0.4, 0.5) is 5.69 Å². The number of rotatable bonds is 2. The Balaban J connectivity index is 2.34. The minimum absolute atomic E-state index is 0.157. The molecule has 0 spiro atoms. The molecule has 0 amide bonds. The van der Waals surface area contributed by atoms with Gasteiger partial charge < -0.3 is 4.98 Å². The van der Waals surface area contributed by atoms with Gasteiger partial charge in [-0.3, -0.25) is 10.1 Å². The quantitative estimate of drug-likeness (QED) is 0.601. The Hall–Kier alpha value is -1.91. The van der Waals surface area contributed by atoms with Crippen molar-refractivity contribution < 1.29 is 4.92 Å². The smallest absolute Gasteiger partial charge is 0.291 e. The Labute approximate surface area is 85.3 Å². The molecule has 2 aromatic rings. The van der Waals surface area contributed by atoms with Gasteiger partial charge in [0.25, 0.3) is 5.69 Å². The minimum atomic E-state index is -0.340. The van der Waals surface area contributed by atoms with E-state index < -0.39 is 0 Å². The van der Waals surface area contributed by atoms with Gasteiger partial charge >= 0.3 is 0 Å². The maximum Gasteiger partial charge on any atom is 0.291 e. The SMILES string of the molecule is O=[N+]([O-])c1cnc2[nH]ccc2c1C1CC1. The summed E-state index contributed by atoms with van der Waals surface area (Å²) in [5, 5.41) is 11.8. The molecule has 1 aliphatic rings. The van der Waals surface area contributed by atoms with Crippen LogP contribution in [0, 0.1) is 10.1 Å². The van der Waals surface area contributed by atoms with Crippen LogP contribution in [0.1, 0.15) is 24.3 Å². The largest absolute Gasteiger partial charge is 0.346 e. The van der Waals surface area contributed by atoms with Crippen molar-refractivity contribution in [3.63, 3.8) is 0 Å². The van der Waals surface area contributed by atoms with Crippen LogP contribution in [0.5, 0.6) is 0 Å². The first kappa shape index (κ1) is 8.40. The molecule has 5 nitrogen and oxygen atoms in total. The normalized spacial score (nSPS) is 15.7. The summed E-state index contributed by atoms with van der Waals surface area (Å²) in [7, 11) is 0. The van der Waals surface area contributed by atoms with E-state index in [0.29, 0.717) is 5.92 Å². The monoisotopic (exact) mass is 203 g/mol. The molecule has 0 unspecified atom stereocenters. The van der Waals surface area contributed by atoms with Crippen LogP contribution in [0.25, 0.3) is 11.0 Å². The predicted molar refractivity (Wildman–Crippen MR) is 54.7 cm³/mol. The lowest BCUT2D eigenvalue weighted by molar-refractivity contribution is -0.385. The Kier molecular flexibility index (Phi) is 1.56. The number of hydrogen-bond donors (Lipinski definition) is 1. The number of nitro groups is 1. The molecule has 2 heterocycles. The Morgan fingerprint density at radius 1 is 1.53 bits per heavy atom. The highest BCUT2D eigenvalue weighted by atomic mass is 16.6. The summed E-state index contributed by atoms with van der Waals surface area (Å²) in [6.07, 6.45) is 5.22. The first-order chi connectivity index (χ1) is 7.27. The number of fused-ring (bicyclic) bond motifs is 1. The van der Waals surface area contributed by atoms with E-state index >= 15 is 0 Å². The number of aromatic amines is 1. The number of nitrogens with zero attached hydrogens (tertiary/aromatic N) is 2. The standard InChI is InChI=1S/C10H9N3O2/c14-13(15)8-5-12-10-7(3-4-11-10)9(8)6-1-2-6/h3-6H,1-2H2,(H,11,12). The Morgan fingerprint density at radius 3 is 3.00 bits per heavy atom. The highest BCUT2D eigenvalue weighted by Crippen LogP contribution is 2.46. The van der Waals surface area contributed by atoms with Crippen molar-refractivity contribution in [1.82, 2.24) is 9.97 Å². The molecular weight excluding hydrogens is 194 g/mol. The van der Waals surface area contributed by atoms with Crippen molar-refractivity contribution in [2.24, 2.45) is 0 Å². The van der Waals surface area contributed by atoms with Crippen LogP contribution in [0.15, 0.2) is 18.5 Å². The molecule has 1 aliphatic carbocycles. The lowest BCUT2D eigenvalue weighted by atomic mass is 10.1. The van der Waals surface area contributed by atoms with Gasteiger partial charge in [0.15, 0.2) is 0 Å². The van der Waals surface area contributed by atoms with E-state index in [-0.39, 0.29) is 10.6 Å². The van der Waals surface area contributed by atoms with E-state index in [1.807, 2.05) is 6.07 Å². The molecule has 0 radical (unpaired) electrons. The van der Waals surface area contributed by atoms with Gasteiger partial charge in [-0.05, 0) is 24.8 Å². The van der Waals surface area contributed by atoms with E-state index in [0.717, 1.165) is 29.4 Å². The van der Waals surface area contributed by atoms with Gasteiger partial charge in [-0.15, -0.1) is 0 Å². The highest BCUT2D eigenvalue weighted by molar-refractivity contribution is 5.83. The maximum absolute atomic E-state index is 10.9. The van der Waals surface area contributed by atoms with Gasteiger partial charge in [0.2, 0.25) is 0 Å². The second kappa shape index (κ2) is 2.79. The molecule has 1 N–H and O–H groups in total. The van der Waals surface area contributed by atoms with Gasteiger partial charge in [0.1, 0.15) is 11.8 Å². The zero-order chi connectivity index (χ0) is 10.4. The van der Waals surface area contributed by atoms with Crippen molar-refractivity contribution in [1.29, 1.82) is 0 Å². The fourth-order valence-electron chi connectivity index (χ4n) is 1.96. The third-order valence-corrected chi connectivity index (χ3v) is 2.79. The average Bonchev–Trinajstić information content (AvgIpc) is 2.93. The first-order valence-electron chi connectivity index (χ1n) is 4.88. The molecule has 0 atom stereocenters. The van der Waals surface area contributed by atoms with E-state index in [9.17, 15) is 10.1 Å². The molecule has 0 saturated heterocycles. The van der Waals surface area contributed by atoms with Gasteiger partial charge in [0.05, 0.1) is 4.92 Å². The molecule has 15 heavy (non-hydrogen) atoms. The summed E-state index contributed by atoms with van der Waals surface area (Å²) in [5.74, 6) is 0.353. The second-order valence-corrected chi connectivity index (χ2v) is 3.83. The lowest BCUT2D eigenvalue weighted by Crippen LogP contribution is -1.96. The summed E-state index contributed by atoms with van der Waals surface area (Å²) < 4.78 is 0. The lowest BCUT2D eigenvalue weighted by Gasteiger charge is -2.01. The maximum atomic E-state index is 10.9. The second-order valence-electron chi connectivity index (χ2n) is 3.83. The Morgan fingerprint density at radius 2 is 2.33 bits per heavy atom. The topological polar surface area (TPSA) is 71.8 Å². The average molecular weight is 203 g/mol. The molecule has 0 aliphatic heterocycles. The third-order valence-electron chi connectivity index (χ3n) is 2.79. The minimum Gasteiger partial charge on any atom is -0.346 e. The highest BCUT2D eigenvalue weighted by Gasteiger charge is 2.33. The number of H-pyrrole nitrogens is 1. The van der Waals surface area contributed by atoms with Crippen LogP contribution >= 0.6 is 0 Å². The van der Waals surface area contributed by atoms with Crippen molar-refractivity contribution in [3.8, 4) is 0 Å². The summed E-state index contributed by atoms with van der Waals surface area (Å²) in [4.78, 5) is 17.5. The fraction of sp³-hybridized carbons (Fsp3) is 0.300. The van der Waals surface area contributed by atoms with Crippen molar-refractivity contribution in [2.75, 3.05) is 0 Å². The molecule has 5 heteroatoms.